The molecule has 114 valence electrons. The van der Waals surface area contributed by atoms with Crippen LogP contribution >= 0.6 is 0 Å². The molecule has 0 amide bonds. The normalized spacial score (nSPS) is 22.7. The molecular weight excluding hydrogens is 252 g/mol. The van der Waals surface area contributed by atoms with E-state index in [1.165, 1.54) is 24.8 Å². The van der Waals surface area contributed by atoms with Gasteiger partial charge in [0, 0.05) is 19.6 Å². The Balaban J connectivity index is 2.18. The van der Waals surface area contributed by atoms with Crippen molar-refractivity contribution in [3.63, 3.8) is 0 Å². The Bertz CT molecular complexity index is 443. The highest BCUT2D eigenvalue weighted by Crippen LogP contribution is 2.32. The second kappa shape index (κ2) is 6.59. The molecular formula is C15H28N4O. The van der Waals surface area contributed by atoms with Crippen LogP contribution in [0.5, 0.6) is 5.88 Å². The predicted molar refractivity (Wildman–Crippen MR) is 80.8 cm³/mol. The molecule has 2 atom stereocenters. The van der Waals surface area contributed by atoms with Gasteiger partial charge in [0.25, 0.3) is 0 Å². The summed E-state index contributed by atoms with van der Waals surface area (Å²) in [6.07, 6.45) is 3.82. The lowest BCUT2D eigenvalue weighted by Crippen LogP contribution is -2.39. The van der Waals surface area contributed by atoms with Crippen LogP contribution in [0.4, 0.5) is 0 Å². The van der Waals surface area contributed by atoms with Crippen LogP contribution in [0.3, 0.4) is 0 Å². The maximum atomic E-state index is 5.93. The molecule has 2 unspecified atom stereocenters. The second-order valence-corrected chi connectivity index (χ2v) is 5.75. The van der Waals surface area contributed by atoms with E-state index in [1.54, 1.807) is 7.11 Å². The first-order chi connectivity index (χ1) is 9.62. The van der Waals surface area contributed by atoms with Gasteiger partial charge in [-0.15, -0.1) is 0 Å². The minimum atomic E-state index is 0.606. The van der Waals surface area contributed by atoms with E-state index in [9.17, 15) is 0 Å². The highest BCUT2D eigenvalue weighted by molar-refractivity contribution is 5.30. The Hall–Kier alpha value is -1.07. The summed E-state index contributed by atoms with van der Waals surface area (Å²) >= 11 is 0. The summed E-state index contributed by atoms with van der Waals surface area (Å²) in [5.41, 5.74) is 8.20. The molecule has 1 aliphatic carbocycles. The van der Waals surface area contributed by atoms with E-state index >= 15 is 0 Å². The zero-order chi connectivity index (χ0) is 14.7. The molecule has 2 rings (SSSR count). The average molecular weight is 280 g/mol. The van der Waals surface area contributed by atoms with Crippen LogP contribution in [0.15, 0.2) is 0 Å². The van der Waals surface area contributed by atoms with Gasteiger partial charge in [0.2, 0.25) is 5.88 Å². The molecule has 5 heteroatoms. The van der Waals surface area contributed by atoms with Crippen molar-refractivity contribution in [1.29, 1.82) is 0 Å². The van der Waals surface area contributed by atoms with Gasteiger partial charge >= 0.3 is 0 Å². The number of aromatic nitrogens is 2. The van der Waals surface area contributed by atoms with Crippen molar-refractivity contribution in [3.8, 4) is 5.88 Å². The van der Waals surface area contributed by atoms with E-state index in [2.05, 4.69) is 23.8 Å². The Morgan fingerprint density at radius 1 is 1.45 bits per heavy atom. The molecule has 5 nitrogen and oxygen atoms in total. The summed E-state index contributed by atoms with van der Waals surface area (Å²) in [6, 6.07) is 0.606. The molecule has 0 aromatic carbocycles. The molecule has 0 bridgehead atoms. The molecule has 0 radical (unpaired) electrons. The van der Waals surface area contributed by atoms with Crippen molar-refractivity contribution in [2.45, 2.75) is 45.7 Å². The summed E-state index contributed by atoms with van der Waals surface area (Å²) in [5, 5.41) is 4.48. The maximum absolute atomic E-state index is 5.93. The molecule has 1 aliphatic rings. The molecule has 0 saturated heterocycles. The molecule has 1 heterocycles. The van der Waals surface area contributed by atoms with Crippen LogP contribution in [0, 0.1) is 12.8 Å². The van der Waals surface area contributed by atoms with Crippen LogP contribution in [0.1, 0.15) is 37.4 Å². The average Bonchev–Trinajstić information content (AvgIpc) is 3.00. The lowest BCUT2D eigenvalue weighted by molar-refractivity contribution is 0.160. The predicted octanol–water partition coefficient (Wildman–Crippen LogP) is 1.69. The Labute approximate surface area is 122 Å². The maximum Gasteiger partial charge on any atom is 0.216 e. The first-order valence-corrected chi connectivity index (χ1v) is 7.62. The van der Waals surface area contributed by atoms with Crippen LogP contribution in [-0.4, -0.2) is 40.9 Å². The van der Waals surface area contributed by atoms with E-state index in [0.717, 1.165) is 31.2 Å². The first-order valence-electron chi connectivity index (χ1n) is 7.62. The largest absolute Gasteiger partial charge is 0.481 e. The quantitative estimate of drug-likeness (QED) is 0.861. The lowest BCUT2D eigenvalue weighted by atomic mass is 10.0. The molecule has 1 saturated carbocycles. The number of methoxy groups -OCH3 is 1. The number of hydrogen-bond acceptors (Lipinski definition) is 4. The van der Waals surface area contributed by atoms with Crippen molar-refractivity contribution in [2.24, 2.45) is 18.7 Å². The number of nitrogens with two attached hydrogens (primary N) is 1. The molecule has 1 fully saturated rings. The highest BCUT2D eigenvalue weighted by atomic mass is 16.5. The van der Waals surface area contributed by atoms with E-state index in [-0.39, 0.29) is 0 Å². The SMILES string of the molecule is CCN(Cc1c(C)nn(C)c1OC)C1CCCC1CN. The summed E-state index contributed by atoms with van der Waals surface area (Å²) in [5.74, 6) is 1.51. The molecule has 1 aromatic rings. The lowest BCUT2D eigenvalue weighted by Gasteiger charge is -2.31. The Kier molecular flexibility index (Phi) is 5.05. The van der Waals surface area contributed by atoms with Crippen LogP contribution in [0.2, 0.25) is 0 Å². The van der Waals surface area contributed by atoms with Crippen molar-refractivity contribution in [1.82, 2.24) is 14.7 Å². The van der Waals surface area contributed by atoms with Gasteiger partial charge in [-0.2, -0.15) is 5.10 Å². The van der Waals surface area contributed by atoms with Crippen molar-refractivity contribution in [3.05, 3.63) is 11.3 Å². The van der Waals surface area contributed by atoms with E-state index in [0.29, 0.717) is 12.0 Å². The fourth-order valence-corrected chi connectivity index (χ4v) is 3.56. The third kappa shape index (κ3) is 2.83. The smallest absolute Gasteiger partial charge is 0.216 e. The van der Waals surface area contributed by atoms with Gasteiger partial charge in [0.15, 0.2) is 0 Å². The summed E-state index contributed by atoms with van der Waals surface area (Å²) < 4.78 is 7.33. The molecule has 20 heavy (non-hydrogen) atoms. The third-order valence-electron chi connectivity index (χ3n) is 4.64. The fraction of sp³-hybridized carbons (Fsp3) is 0.800. The number of aryl methyl sites for hydroxylation is 2. The van der Waals surface area contributed by atoms with E-state index in [4.69, 9.17) is 10.5 Å². The van der Waals surface area contributed by atoms with Crippen molar-refractivity contribution < 1.29 is 4.74 Å². The molecule has 0 aliphatic heterocycles. The zero-order valence-corrected chi connectivity index (χ0v) is 13.2. The molecule has 2 N–H and O–H groups in total. The molecule has 0 spiro atoms. The summed E-state index contributed by atoms with van der Waals surface area (Å²) in [6.45, 7) is 7.02. The Morgan fingerprint density at radius 3 is 2.80 bits per heavy atom. The Morgan fingerprint density at radius 2 is 2.20 bits per heavy atom. The van der Waals surface area contributed by atoms with E-state index in [1.807, 2.05) is 11.7 Å². The molecule has 1 aromatic heterocycles. The minimum Gasteiger partial charge on any atom is -0.481 e. The number of rotatable bonds is 6. The van der Waals surface area contributed by atoms with Crippen molar-refractivity contribution >= 4 is 0 Å². The third-order valence-corrected chi connectivity index (χ3v) is 4.64. The monoisotopic (exact) mass is 280 g/mol. The minimum absolute atomic E-state index is 0.606. The van der Waals surface area contributed by atoms with Crippen molar-refractivity contribution in [2.75, 3.05) is 20.2 Å². The van der Waals surface area contributed by atoms with Gasteiger partial charge in [-0.3, -0.25) is 4.90 Å². The second-order valence-electron chi connectivity index (χ2n) is 5.75. The van der Waals surface area contributed by atoms with Crippen LogP contribution in [-0.2, 0) is 13.6 Å². The number of ether oxygens (including phenoxy) is 1. The van der Waals surface area contributed by atoms with Gasteiger partial charge < -0.3 is 10.5 Å². The highest BCUT2D eigenvalue weighted by Gasteiger charge is 2.31. The van der Waals surface area contributed by atoms with Gasteiger partial charge in [-0.1, -0.05) is 13.3 Å². The first kappa shape index (κ1) is 15.3. The summed E-state index contributed by atoms with van der Waals surface area (Å²) in [4.78, 5) is 2.54. The van der Waals surface area contributed by atoms with Gasteiger partial charge in [0.05, 0.1) is 18.4 Å². The zero-order valence-electron chi connectivity index (χ0n) is 13.2. The number of hydrogen-bond donors (Lipinski definition) is 1. The van der Waals surface area contributed by atoms with Gasteiger partial charge in [-0.05, 0) is 38.8 Å². The van der Waals surface area contributed by atoms with Gasteiger partial charge in [-0.25, -0.2) is 4.68 Å². The van der Waals surface area contributed by atoms with Gasteiger partial charge in [0.1, 0.15) is 0 Å². The number of nitrogens with zero attached hydrogens (tertiary/aromatic N) is 3. The van der Waals surface area contributed by atoms with Crippen LogP contribution < -0.4 is 10.5 Å². The van der Waals surface area contributed by atoms with Crippen LogP contribution in [0.25, 0.3) is 0 Å². The standard InChI is InChI=1S/C15H28N4O/c1-5-19(14-8-6-7-12(14)9-16)10-13-11(2)17-18(3)15(13)20-4/h12,14H,5-10,16H2,1-4H3. The topological polar surface area (TPSA) is 56.3 Å². The van der Waals surface area contributed by atoms with E-state index < -0.39 is 0 Å². The summed E-state index contributed by atoms with van der Waals surface area (Å²) in [7, 11) is 3.65. The fourth-order valence-electron chi connectivity index (χ4n) is 3.56.